The average Bonchev–Trinajstić information content (AvgIpc) is 2.85. The molecule has 1 unspecified atom stereocenters. The Morgan fingerprint density at radius 3 is 2.26 bits per heavy atom. The molecule has 0 aromatic carbocycles. The molecule has 1 fully saturated rings. The topological polar surface area (TPSA) is 35.5 Å². The van der Waals surface area contributed by atoms with E-state index < -0.39 is 0 Å². The third kappa shape index (κ3) is 6.73. The smallest absolute Gasteiger partial charge is 0.0597 e. The van der Waals surface area contributed by atoms with Crippen molar-refractivity contribution in [1.29, 1.82) is 0 Å². The lowest BCUT2D eigenvalue weighted by Crippen LogP contribution is -2.49. The Balaban J connectivity index is 2.50. The van der Waals surface area contributed by atoms with E-state index in [1.807, 2.05) is 0 Å². The first kappa shape index (κ1) is 16.9. The molecule has 1 aliphatic rings. The highest BCUT2D eigenvalue weighted by atomic mass is 16.3. The summed E-state index contributed by atoms with van der Waals surface area (Å²) in [5.41, 5.74) is 0. The van der Waals surface area contributed by atoms with E-state index in [0.717, 1.165) is 18.5 Å². The van der Waals surface area contributed by atoms with Crippen LogP contribution in [0.25, 0.3) is 0 Å². The van der Waals surface area contributed by atoms with Crippen molar-refractivity contribution in [2.45, 2.75) is 77.9 Å². The molecule has 1 atom stereocenters. The highest BCUT2D eigenvalue weighted by Gasteiger charge is 2.24. The molecule has 2 N–H and O–H groups in total. The van der Waals surface area contributed by atoms with Crippen molar-refractivity contribution in [2.24, 2.45) is 5.92 Å². The van der Waals surface area contributed by atoms with E-state index >= 15 is 0 Å². The number of rotatable bonds is 9. The molecule has 3 heteroatoms. The van der Waals surface area contributed by atoms with Gasteiger partial charge in [0.1, 0.15) is 0 Å². The van der Waals surface area contributed by atoms with E-state index in [1.54, 1.807) is 0 Å². The second kappa shape index (κ2) is 8.93. The third-order valence-corrected chi connectivity index (χ3v) is 4.08. The van der Waals surface area contributed by atoms with Crippen molar-refractivity contribution in [3.8, 4) is 0 Å². The largest absolute Gasteiger partial charge is 0.395 e. The van der Waals surface area contributed by atoms with Gasteiger partial charge in [0.15, 0.2) is 0 Å². The molecule has 0 aromatic heterocycles. The molecule has 0 radical (unpaired) electrons. The van der Waals surface area contributed by atoms with E-state index in [9.17, 15) is 5.11 Å². The van der Waals surface area contributed by atoms with Gasteiger partial charge in [0, 0.05) is 24.7 Å². The van der Waals surface area contributed by atoms with Crippen molar-refractivity contribution in [3.05, 3.63) is 0 Å². The second-order valence-corrected chi connectivity index (χ2v) is 6.82. The number of aliphatic hydroxyl groups is 1. The summed E-state index contributed by atoms with van der Waals surface area (Å²) in [6.07, 6.45) is 6.71. The van der Waals surface area contributed by atoms with Gasteiger partial charge in [-0.3, -0.25) is 4.90 Å². The normalized spacial score (nSPS) is 18.9. The molecule has 0 amide bonds. The Bertz CT molecular complexity index is 225. The van der Waals surface area contributed by atoms with Crippen LogP contribution in [-0.4, -0.2) is 47.8 Å². The van der Waals surface area contributed by atoms with Gasteiger partial charge in [-0.25, -0.2) is 0 Å². The highest BCUT2D eigenvalue weighted by Crippen LogP contribution is 2.24. The lowest BCUT2D eigenvalue weighted by Gasteiger charge is -2.33. The summed E-state index contributed by atoms with van der Waals surface area (Å²) in [6.45, 7) is 11.3. The molecule has 0 aromatic rings. The van der Waals surface area contributed by atoms with E-state index in [2.05, 4.69) is 37.9 Å². The first-order valence-electron chi connectivity index (χ1n) is 8.13. The summed E-state index contributed by atoms with van der Waals surface area (Å²) in [6, 6.07) is 1.40. The van der Waals surface area contributed by atoms with Gasteiger partial charge in [-0.15, -0.1) is 0 Å². The molecule has 0 aliphatic heterocycles. The maximum atomic E-state index is 9.55. The number of nitrogens with zero attached hydrogens (tertiary/aromatic N) is 1. The van der Waals surface area contributed by atoms with Crippen molar-refractivity contribution in [3.63, 3.8) is 0 Å². The fourth-order valence-corrected chi connectivity index (χ4v) is 3.03. The van der Waals surface area contributed by atoms with Gasteiger partial charge >= 0.3 is 0 Å². The van der Waals surface area contributed by atoms with Crippen LogP contribution in [0.2, 0.25) is 0 Å². The van der Waals surface area contributed by atoms with Crippen LogP contribution < -0.4 is 5.32 Å². The van der Waals surface area contributed by atoms with E-state index in [0.29, 0.717) is 6.04 Å². The summed E-state index contributed by atoms with van der Waals surface area (Å²) in [4.78, 5) is 2.63. The SMILES string of the molecule is CC(C)CCN(CC(CO)NC(C)C)C1CCCC1. The predicted molar refractivity (Wildman–Crippen MR) is 82.4 cm³/mol. The first-order valence-corrected chi connectivity index (χ1v) is 8.13. The number of hydrogen-bond donors (Lipinski definition) is 2. The molecule has 0 heterocycles. The molecule has 19 heavy (non-hydrogen) atoms. The monoisotopic (exact) mass is 270 g/mol. The zero-order valence-corrected chi connectivity index (χ0v) is 13.4. The second-order valence-electron chi connectivity index (χ2n) is 6.82. The minimum atomic E-state index is 0.216. The number of nitrogens with one attached hydrogen (secondary N) is 1. The molecule has 0 bridgehead atoms. The number of hydrogen-bond acceptors (Lipinski definition) is 3. The Kier molecular flexibility index (Phi) is 7.96. The van der Waals surface area contributed by atoms with Gasteiger partial charge in [-0.1, -0.05) is 40.5 Å². The zero-order chi connectivity index (χ0) is 14.3. The van der Waals surface area contributed by atoms with Crippen molar-refractivity contribution < 1.29 is 5.11 Å². The molecule has 0 saturated heterocycles. The van der Waals surface area contributed by atoms with Crippen LogP contribution in [0.1, 0.15) is 59.8 Å². The third-order valence-electron chi connectivity index (χ3n) is 4.08. The highest BCUT2D eigenvalue weighted by molar-refractivity contribution is 4.82. The van der Waals surface area contributed by atoms with Gasteiger partial charge in [0.25, 0.3) is 0 Å². The minimum absolute atomic E-state index is 0.216. The van der Waals surface area contributed by atoms with Crippen LogP contribution in [-0.2, 0) is 0 Å². The Morgan fingerprint density at radius 2 is 1.79 bits per heavy atom. The van der Waals surface area contributed by atoms with Gasteiger partial charge in [-0.2, -0.15) is 0 Å². The fourth-order valence-electron chi connectivity index (χ4n) is 3.03. The van der Waals surface area contributed by atoms with Crippen LogP contribution in [0.15, 0.2) is 0 Å². The molecule has 1 aliphatic carbocycles. The summed E-state index contributed by atoms with van der Waals surface area (Å²) >= 11 is 0. The molecular weight excluding hydrogens is 236 g/mol. The van der Waals surface area contributed by atoms with Gasteiger partial charge in [-0.05, 0) is 31.7 Å². The fraction of sp³-hybridized carbons (Fsp3) is 1.00. The maximum absolute atomic E-state index is 9.55. The molecule has 114 valence electrons. The van der Waals surface area contributed by atoms with E-state index in [4.69, 9.17) is 0 Å². The zero-order valence-electron chi connectivity index (χ0n) is 13.4. The summed E-state index contributed by atoms with van der Waals surface area (Å²) in [5.74, 6) is 0.759. The van der Waals surface area contributed by atoms with E-state index in [1.165, 1.54) is 38.6 Å². The maximum Gasteiger partial charge on any atom is 0.0597 e. The van der Waals surface area contributed by atoms with Gasteiger partial charge in [0.05, 0.1) is 6.61 Å². The van der Waals surface area contributed by atoms with Crippen LogP contribution >= 0.6 is 0 Å². The van der Waals surface area contributed by atoms with Crippen LogP contribution in [0.3, 0.4) is 0 Å². The lowest BCUT2D eigenvalue weighted by atomic mass is 10.1. The van der Waals surface area contributed by atoms with Crippen molar-refractivity contribution in [1.82, 2.24) is 10.2 Å². The Morgan fingerprint density at radius 1 is 1.16 bits per heavy atom. The Labute approximate surface area is 119 Å². The Hall–Kier alpha value is -0.120. The quantitative estimate of drug-likeness (QED) is 0.676. The molecule has 1 saturated carbocycles. The van der Waals surface area contributed by atoms with Crippen LogP contribution in [0.5, 0.6) is 0 Å². The molecule has 1 rings (SSSR count). The van der Waals surface area contributed by atoms with Crippen molar-refractivity contribution in [2.75, 3.05) is 19.7 Å². The van der Waals surface area contributed by atoms with Crippen molar-refractivity contribution >= 4 is 0 Å². The molecule has 3 nitrogen and oxygen atoms in total. The molecular formula is C16H34N2O. The van der Waals surface area contributed by atoms with Crippen LogP contribution in [0.4, 0.5) is 0 Å². The van der Waals surface area contributed by atoms with Crippen LogP contribution in [0, 0.1) is 5.92 Å². The van der Waals surface area contributed by atoms with Gasteiger partial charge < -0.3 is 10.4 Å². The predicted octanol–water partition coefficient (Wildman–Crippen LogP) is 2.64. The molecule has 0 spiro atoms. The van der Waals surface area contributed by atoms with Gasteiger partial charge in [0.2, 0.25) is 0 Å². The summed E-state index contributed by atoms with van der Waals surface area (Å²) in [7, 11) is 0. The summed E-state index contributed by atoms with van der Waals surface area (Å²) in [5, 5.41) is 13.0. The first-order chi connectivity index (χ1) is 9.02. The lowest BCUT2D eigenvalue weighted by molar-refractivity contribution is 0.136. The summed E-state index contributed by atoms with van der Waals surface area (Å²) < 4.78 is 0. The number of aliphatic hydroxyl groups excluding tert-OH is 1. The standard InChI is InChI=1S/C16H34N2O/c1-13(2)9-10-18(16-7-5-6-8-16)11-15(12-19)17-14(3)4/h13-17,19H,5-12H2,1-4H3. The van der Waals surface area contributed by atoms with E-state index in [-0.39, 0.29) is 12.6 Å². The average molecular weight is 270 g/mol. The minimum Gasteiger partial charge on any atom is -0.395 e.